The maximum Gasteiger partial charge on any atom is 0.125 e. The first-order valence-electron chi connectivity index (χ1n) is 8.46. The van der Waals surface area contributed by atoms with Gasteiger partial charge in [-0.2, -0.15) is 0 Å². The number of thiophene rings is 1. The lowest BCUT2D eigenvalue weighted by Crippen LogP contribution is -2.24. The molecule has 5 heteroatoms. The Bertz CT molecular complexity index is 967. The Morgan fingerprint density at radius 3 is 2.76 bits per heavy atom. The number of rotatable bonds is 2. The molecule has 0 amide bonds. The van der Waals surface area contributed by atoms with Gasteiger partial charge < -0.3 is 10.0 Å². The van der Waals surface area contributed by atoms with Crippen molar-refractivity contribution in [1.82, 2.24) is 15.1 Å². The van der Waals surface area contributed by atoms with Crippen molar-refractivity contribution in [3.63, 3.8) is 0 Å². The molecule has 0 fully saturated rings. The van der Waals surface area contributed by atoms with Crippen LogP contribution in [-0.2, 0) is 0 Å². The van der Waals surface area contributed by atoms with E-state index in [1.165, 1.54) is 11.1 Å². The lowest BCUT2D eigenvalue weighted by atomic mass is 10.0. The second-order valence-corrected chi connectivity index (χ2v) is 7.73. The highest BCUT2D eigenvalue weighted by atomic mass is 32.1. The highest BCUT2D eigenvalue weighted by Crippen LogP contribution is 2.36. The molecular weight excluding hydrogens is 330 g/mol. The summed E-state index contributed by atoms with van der Waals surface area (Å²) >= 11 is 1.69. The Kier molecular flexibility index (Phi) is 4.06. The zero-order valence-electron chi connectivity index (χ0n) is 14.7. The number of benzene rings is 1. The number of aromatic nitrogens is 2. The Morgan fingerprint density at radius 1 is 1.16 bits per heavy atom. The minimum absolute atomic E-state index is 0.263. The van der Waals surface area contributed by atoms with E-state index < -0.39 is 0 Å². The molecule has 2 aromatic heterocycles. The van der Waals surface area contributed by atoms with Gasteiger partial charge in [0.2, 0.25) is 0 Å². The Balaban J connectivity index is 1.80. The van der Waals surface area contributed by atoms with E-state index in [1.54, 1.807) is 17.4 Å². The zero-order chi connectivity index (χ0) is 17.6. The highest BCUT2D eigenvalue weighted by molar-refractivity contribution is 7.17. The molecule has 4 rings (SSSR count). The predicted molar refractivity (Wildman–Crippen MR) is 104 cm³/mol. The van der Waals surface area contributed by atoms with Crippen molar-refractivity contribution >= 4 is 27.1 Å². The molecule has 3 heterocycles. The number of phenols is 1. The van der Waals surface area contributed by atoms with Crippen LogP contribution in [0.3, 0.4) is 0 Å². The third-order valence-electron chi connectivity index (χ3n) is 4.72. The van der Waals surface area contributed by atoms with Gasteiger partial charge in [-0.15, -0.1) is 21.5 Å². The van der Waals surface area contributed by atoms with Crippen LogP contribution in [0.5, 0.6) is 5.75 Å². The number of fused-ring (bicyclic) bond motifs is 1. The highest BCUT2D eigenvalue weighted by Gasteiger charge is 2.17. The van der Waals surface area contributed by atoms with E-state index in [2.05, 4.69) is 39.7 Å². The molecule has 1 aliphatic rings. The van der Waals surface area contributed by atoms with Gasteiger partial charge in [-0.05, 0) is 56.1 Å². The Morgan fingerprint density at radius 2 is 2.00 bits per heavy atom. The first kappa shape index (κ1) is 16.2. The molecular formula is C20H21N3OS. The molecule has 0 aliphatic carbocycles. The van der Waals surface area contributed by atoms with Crippen LogP contribution in [0, 0.1) is 13.8 Å². The fourth-order valence-electron chi connectivity index (χ4n) is 3.55. The summed E-state index contributed by atoms with van der Waals surface area (Å²) in [6.45, 7) is 6.03. The van der Waals surface area contributed by atoms with Gasteiger partial charge in [0, 0.05) is 29.6 Å². The number of likely N-dealkylation sites (N-methyl/N-ethyl adjacent to an activating group) is 1. The van der Waals surface area contributed by atoms with Crippen molar-refractivity contribution in [3.05, 3.63) is 46.3 Å². The molecule has 0 bridgehead atoms. The summed E-state index contributed by atoms with van der Waals surface area (Å²) < 4.78 is 1.11. The van der Waals surface area contributed by atoms with Gasteiger partial charge in [-0.1, -0.05) is 12.1 Å². The first-order chi connectivity index (χ1) is 12.0. The van der Waals surface area contributed by atoms with Crippen molar-refractivity contribution in [1.29, 1.82) is 0 Å². The molecule has 0 saturated heterocycles. The minimum Gasteiger partial charge on any atom is -0.507 e. The summed E-state index contributed by atoms with van der Waals surface area (Å²) in [6.07, 6.45) is 3.39. The van der Waals surface area contributed by atoms with E-state index in [0.29, 0.717) is 0 Å². The molecule has 25 heavy (non-hydrogen) atoms. The summed E-state index contributed by atoms with van der Waals surface area (Å²) in [6, 6.07) is 5.88. The van der Waals surface area contributed by atoms with Crippen LogP contribution in [0.25, 0.3) is 27.0 Å². The van der Waals surface area contributed by atoms with E-state index in [-0.39, 0.29) is 5.75 Å². The van der Waals surface area contributed by atoms with Crippen molar-refractivity contribution in [2.45, 2.75) is 20.3 Å². The lowest BCUT2D eigenvalue weighted by molar-refractivity contribution is 0.373. The van der Waals surface area contributed by atoms with Crippen molar-refractivity contribution < 1.29 is 5.11 Å². The molecule has 0 spiro atoms. The fourth-order valence-corrected chi connectivity index (χ4v) is 4.50. The van der Waals surface area contributed by atoms with Gasteiger partial charge in [0.1, 0.15) is 11.3 Å². The van der Waals surface area contributed by atoms with Crippen LogP contribution >= 0.6 is 11.3 Å². The van der Waals surface area contributed by atoms with E-state index in [4.69, 9.17) is 0 Å². The van der Waals surface area contributed by atoms with Crippen molar-refractivity contribution in [3.8, 4) is 17.0 Å². The summed E-state index contributed by atoms with van der Waals surface area (Å²) in [4.78, 5) is 2.33. The summed E-state index contributed by atoms with van der Waals surface area (Å²) in [5, 5.41) is 21.5. The summed E-state index contributed by atoms with van der Waals surface area (Å²) in [5.41, 5.74) is 7.03. The molecule has 3 aromatic rings. The smallest absolute Gasteiger partial charge is 0.125 e. The van der Waals surface area contributed by atoms with Gasteiger partial charge >= 0.3 is 0 Å². The Labute approximate surface area is 151 Å². The number of aryl methyl sites for hydroxylation is 2. The maximum absolute atomic E-state index is 10.4. The third-order valence-corrected chi connectivity index (χ3v) is 5.64. The monoisotopic (exact) mass is 351 g/mol. The van der Waals surface area contributed by atoms with Crippen molar-refractivity contribution in [2.75, 3.05) is 20.1 Å². The van der Waals surface area contributed by atoms with Crippen LogP contribution < -0.4 is 0 Å². The van der Waals surface area contributed by atoms with Crippen LogP contribution in [0.4, 0.5) is 0 Å². The molecule has 0 radical (unpaired) electrons. The normalized spacial score (nSPS) is 15.6. The quantitative estimate of drug-likeness (QED) is 0.743. The number of nitrogens with zero attached hydrogens (tertiary/aromatic N) is 3. The van der Waals surface area contributed by atoms with Gasteiger partial charge in [-0.25, -0.2) is 0 Å². The van der Waals surface area contributed by atoms with Crippen LogP contribution in [-0.4, -0.2) is 40.3 Å². The first-order valence-corrected chi connectivity index (χ1v) is 9.34. The molecule has 4 nitrogen and oxygen atoms in total. The molecule has 128 valence electrons. The SMILES string of the molecule is Cc1cc(C)c(-c2cc3scc(C4=CCCN(C)C4)c3nn2)c(O)c1. The number of phenolic OH excluding ortho intramolecular Hbond substituents is 1. The molecule has 0 atom stereocenters. The Hall–Kier alpha value is -2.24. The maximum atomic E-state index is 10.4. The van der Waals surface area contributed by atoms with Crippen LogP contribution in [0.15, 0.2) is 29.7 Å². The van der Waals surface area contributed by atoms with Gasteiger partial charge in [0.15, 0.2) is 0 Å². The zero-order valence-corrected chi connectivity index (χ0v) is 15.5. The van der Waals surface area contributed by atoms with Crippen LogP contribution in [0.2, 0.25) is 0 Å². The van der Waals surface area contributed by atoms with E-state index in [9.17, 15) is 5.11 Å². The molecule has 1 aromatic carbocycles. The summed E-state index contributed by atoms with van der Waals surface area (Å²) in [7, 11) is 2.15. The van der Waals surface area contributed by atoms with E-state index in [0.717, 1.165) is 52.1 Å². The average molecular weight is 351 g/mol. The standard InChI is InChI=1S/C20H21N3OS/c1-12-7-13(2)19(17(24)8-12)16-9-18-20(22-21-16)15(11-25-18)14-5-4-6-23(3)10-14/h5,7-9,11,24H,4,6,10H2,1-3H3. The van der Waals surface area contributed by atoms with E-state index >= 15 is 0 Å². The van der Waals surface area contributed by atoms with Gasteiger partial charge in [0.25, 0.3) is 0 Å². The molecule has 1 aliphatic heterocycles. The second-order valence-electron chi connectivity index (χ2n) is 6.82. The number of aromatic hydroxyl groups is 1. The van der Waals surface area contributed by atoms with E-state index in [1.807, 2.05) is 19.9 Å². The predicted octanol–water partition coefficient (Wildman–Crippen LogP) is 4.40. The fraction of sp³-hybridized carbons (Fsp3) is 0.300. The third kappa shape index (κ3) is 2.94. The van der Waals surface area contributed by atoms with Crippen LogP contribution in [0.1, 0.15) is 23.1 Å². The number of hydrogen-bond acceptors (Lipinski definition) is 5. The van der Waals surface area contributed by atoms with Gasteiger partial charge in [0.05, 0.1) is 10.4 Å². The average Bonchev–Trinajstić information content (AvgIpc) is 2.97. The van der Waals surface area contributed by atoms with Crippen molar-refractivity contribution in [2.24, 2.45) is 0 Å². The lowest BCUT2D eigenvalue weighted by Gasteiger charge is -2.22. The number of hydrogen-bond donors (Lipinski definition) is 1. The minimum atomic E-state index is 0.263. The topological polar surface area (TPSA) is 49.2 Å². The second kappa shape index (κ2) is 6.24. The largest absolute Gasteiger partial charge is 0.507 e. The van der Waals surface area contributed by atoms with Gasteiger partial charge in [-0.3, -0.25) is 0 Å². The molecule has 0 saturated carbocycles. The molecule has 1 N–H and O–H groups in total. The summed E-state index contributed by atoms with van der Waals surface area (Å²) in [5.74, 6) is 0.263. The molecule has 0 unspecified atom stereocenters.